The van der Waals surface area contributed by atoms with Crippen LogP contribution in [0, 0.1) is 0 Å². The van der Waals surface area contributed by atoms with Gasteiger partial charge >= 0.3 is 0 Å². The lowest BCUT2D eigenvalue weighted by atomic mass is 10.1. The highest BCUT2D eigenvalue weighted by atomic mass is 35.5. The zero-order chi connectivity index (χ0) is 12.8. The maximum atomic E-state index is 6.18. The molecule has 0 saturated heterocycles. The van der Waals surface area contributed by atoms with Crippen molar-refractivity contribution in [2.24, 2.45) is 0 Å². The van der Waals surface area contributed by atoms with Crippen LogP contribution in [0.4, 0.5) is 0 Å². The van der Waals surface area contributed by atoms with Gasteiger partial charge < -0.3 is 15.4 Å². The van der Waals surface area contributed by atoms with Crippen molar-refractivity contribution in [1.29, 1.82) is 0 Å². The van der Waals surface area contributed by atoms with E-state index >= 15 is 0 Å². The molecule has 1 aromatic carbocycles. The molecule has 0 unspecified atom stereocenters. The molecule has 3 nitrogen and oxygen atoms in total. The third-order valence-electron chi connectivity index (χ3n) is 3.14. The molecule has 0 radical (unpaired) electrons. The number of benzene rings is 1. The maximum absolute atomic E-state index is 6.18. The molecule has 0 amide bonds. The van der Waals surface area contributed by atoms with E-state index in [2.05, 4.69) is 10.6 Å². The van der Waals surface area contributed by atoms with E-state index < -0.39 is 0 Å². The van der Waals surface area contributed by atoms with Gasteiger partial charge in [-0.15, -0.1) is 0 Å². The first-order chi connectivity index (χ1) is 8.79. The van der Waals surface area contributed by atoms with Gasteiger partial charge in [0.05, 0.1) is 7.11 Å². The van der Waals surface area contributed by atoms with E-state index in [0.29, 0.717) is 0 Å². The summed E-state index contributed by atoms with van der Waals surface area (Å²) in [4.78, 5) is 0. The molecule has 18 heavy (non-hydrogen) atoms. The minimum atomic E-state index is 0.784. The second-order valence-corrected chi connectivity index (χ2v) is 5.09. The fraction of sp³-hybridized carbons (Fsp3) is 0.571. The molecule has 0 aromatic heterocycles. The molecule has 100 valence electrons. The van der Waals surface area contributed by atoms with Gasteiger partial charge in [-0.1, -0.05) is 17.7 Å². The van der Waals surface area contributed by atoms with E-state index in [9.17, 15) is 0 Å². The van der Waals surface area contributed by atoms with Gasteiger partial charge in [0.2, 0.25) is 0 Å². The van der Waals surface area contributed by atoms with Gasteiger partial charge in [0.25, 0.3) is 0 Å². The Balaban J connectivity index is 1.62. The van der Waals surface area contributed by atoms with Crippen molar-refractivity contribution in [2.75, 3.05) is 26.7 Å². The van der Waals surface area contributed by atoms with Crippen molar-refractivity contribution in [2.45, 2.75) is 25.3 Å². The van der Waals surface area contributed by atoms with Gasteiger partial charge in [0.1, 0.15) is 5.75 Å². The highest BCUT2D eigenvalue weighted by Crippen LogP contribution is 2.22. The average Bonchev–Trinajstić information content (AvgIpc) is 3.19. The molecule has 1 aromatic rings. The molecular weight excluding hydrogens is 248 g/mol. The Kier molecular flexibility index (Phi) is 5.29. The van der Waals surface area contributed by atoms with Crippen LogP contribution in [-0.4, -0.2) is 32.8 Å². The maximum Gasteiger partial charge on any atom is 0.120 e. The smallest absolute Gasteiger partial charge is 0.120 e. The van der Waals surface area contributed by atoms with Crippen molar-refractivity contribution < 1.29 is 4.74 Å². The van der Waals surface area contributed by atoms with Gasteiger partial charge in [0, 0.05) is 24.2 Å². The number of halogens is 1. The Morgan fingerprint density at radius 2 is 2.11 bits per heavy atom. The Bertz CT molecular complexity index is 380. The summed E-state index contributed by atoms with van der Waals surface area (Å²) in [6.07, 6.45) is 3.65. The molecule has 0 bridgehead atoms. The summed E-state index contributed by atoms with van der Waals surface area (Å²) in [5.74, 6) is 0.811. The van der Waals surface area contributed by atoms with Crippen LogP contribution in [0.3, 0.4) is 0 Å². The van der Waals surface area contributed by atoms with E-state index in [1.807, 2.05) is 18.2 Å². The molecule has 2 N–H and O–H groups in total. The Hall–Kier alpha value is -0.770. The third kappa shape index (κ3) is 4.48. The lowest BCUT2D eigenvalue weighted by Gasteiger charge is -2.08. The first kappa shape index (κ1) is 13.7. The molecule has 0 spiro atoms. The first-order valence-electron chi connectivity index (χ1n) is 6.56. The van der Waals surface area contributed by atoms with Crippen LogP contribution in [-0.2, 0) is 6.42 Å². The minimum Gasteiger partial charge on any atom is -0.497 e. The lowest BCUT2D eigenvalue weighted by molar-refractivity contribution is 0.414. The van der Waals surface area contributed by atoms with Gasteiger partial charge in [-0.3, -0.25) is 0 Å². The van der Waals surface area contributed by atoms with E-state index in [1.165, 1.54) is 18.4 Å². The molecule has 1 aliphatic carbocycles. The molecule has 0 heterocycles. The number of nitrogens with one attached hydrogen (secondary N) is 2. The van der Waals surface area contributed by atoms with Crippen molar-refractivity contribution in [3.63, 3.8) is 0 Å². The number of hydrogen-bond donors (Lipinski definition) is 2. The summed E-state index contributed by atoms with van der Waals surface area (Å²) >= 11 is 6.18. The minimum absolute atomic E-state index is 0.784. The quantitative estimate of drug-likeness (QED) is 0.710. The number of methoxy groups -OCH3 is 1. The van der Waals surface area contributed by atoms with Crippen LogP contribution >= 0.6 is 11.6 Å². The summed E-state index contributed by atoms with van der Waals surface area (Å²) in [7, 11) is 1.65. The molecule has 0 aliphatic heterocycles. The monoisotopic (exact) mass is 268 g/mol. The molecule has 1 aliphatic rings. The van der Waals surface area contributed by atoms with Crippen LogP contribution < -0.4 is 15.4 Å². The van der Waals surface area contributed by atoms with Crippen LogP contribution in [0.5, 0.6) is 5.75 Å². The fourth-order valence-corrected chi connectivity index (χ4v) is 2.12. The number of ether oxygens (including phenoxy) is 1. The largest absolute Gasteiger partial charge is 0.497 e. The van der Waals surface area contributed by atoms with Gasteiger partial charge in [-0.25, -0.2) is 0 Å². The predicted molar refractivity (Wildman–Crippen MR) is 75.6 cm³/mol. The normalized spacial score (nSPS) is 14.8. The van der Waals surface area contributed by atoms with Crippen molar-refractivity contribution >= 4 is 11.6 Å². The standard InChI is InChI=1S/C14H21ClN2O/c1-18-13-5-2-11(14(15)10-13)6-7-16-8-9-17-12-3-4-12/h2,5,10,12,16-17H,3-4,6-9H2,1H3. The van der Waals surface area contributed by atoms with Crippen molar-refractivity contribution in [1.82, 2.24) is 10.6 Å². The van der Waals surface area contributed by atoms with Crippen LogP contribution in [0.25, 0.3) is 0 Å². The van der Waals surface area contributed by atoms with Crippen LogP contribution in [0.1, 0.15) is 18.4 Å². The molecule has 0 atom stereocenters. The zero-order valence-electron chi connectivity index (χ0n) is 10.8. The van der Waals surface area contributed by atoms with Gasteiger partial charge in [-0.2, -0.15) is 0 Å². The Labute approximate surface area is 114 Å². The fourth-order valence-electron chi connectivity index (χ4n) is 1.86. The SMILES string of the molecule is COc1ccc(CCNCCNC2CC2)c(Cl)c1. The molecular formula is C14H21ClN2O. The lowest BCUT2D eigenvalue weighted by Crippen LogP contribution is -2.29. The molecule has 1 fully saturated rings. The highest BCUT2D eigenvalue weighted by molar-refractivity contribution is 6.31. The highest BCUT2D eigenvalue weighted by Gasteiger charge is 2.19. The van der Waals surface area contributed by atoms with Gasteiger partial charge in [-0.05, 0) is 43.5 Å². The summed E-state index contributed by atoms with van der Waals surface area (Å²) in [5, 5.41) is 7.68. The molecule has 4 heteroatoms. The van der Waals surface area contributed by atoms with E-state index in [0.717, 1.165) is 42.9 Å². The predicted octanol–water partition coefficient (Wildman–Crippen LogP) is 2.23. The first-order valence-corrected chi connectivity index (χ1v) is 6.94. The summed E-state index contributed by atoms with van der Waals surface area (Å²) in [6.45, 7) is 3.03. The van der Waals surface area contributed by atoms with Crippen molar-refractivity contribution in [3.05, 3.63) is 28.8 Å². The van der Waals surface area contributed by atoms with Crippen LogP contribution in [0.2, 0.25) is 5.02 Å². The molecule has 1 saturated carbocycles. The van der Waals surface area contributed by atoms with E-state index in [-0.39, 0.29) is 0 Å². The second kappa shape index (κ2) is 6.98. The third-order valence-corrected chi connectivity index (χ3v) is 3.50. The number of hydrogen-bond acceptors (Lipinski definition) is 3. The second-order valence-electron chi connectivity index (χ2n) is 4.69. The van der Waals surface area contributed by atoms with Crippen molar-refractivity contribution in [3.8, 4) is 5.75 Å². The van der Waals surface area contributed by atoms with Gasteiger partial charge in [0.15, 0.2) is 0 Å². The Morgan fingerprint density at radius 1 is 1.28 bits per heavy atom. The molecule has 2 rings (SSSR count). The Morgan fingerprint density at radius 3 is 2.78 bits per heavy atom. The topological polar surface area (TPSA) is 33.3 Å². The van der Waals surface area contributed by atoms with Crippen LogP contribution in [0.15, 0.2) is 18.2 Å². The zero-order valence-corrected chi connectivity index (χ0v) is 11.6. The summed E-state index contributed by atoms with van der Waals surface area (Å²) in [5.41, 5.74) is 1.17. The number of rotatable bonds is 8. The summed E-state index contributed by atoms with van der Waals surface area (Å²) in [6, 6.07) is 6.65. The van der Waals surface area contributed by atoms with E-state index in [1.54, 1.807) is 7.11 Å². The average molecular weight is 269 g/mol. The summed E-state index contributed by atoms with van der Waals surface area (Å²) < 4.78 is 5.13. The van der Waals surface area contributed by atoms with E-state index in [4.69, 9.17) is 16.3 Å².